The number of hydrogen-bond acceptors (Lipinski definition) is 3. The highest BCUT2D eigenvalue weighted by Crippen LogP contribution is 2.49. The SMILES string of the molecule is CCOC1=CC2(C=Cc3c(ccc4ccccc34)O2)c2ccccc2S1. The third kappa shape index (κ3) is 2.35. The van der Waals surface area contributed by atoms with Crippen molar-refractivity contribution < 1.29 is 9.47 Å². The first-order valence-corrected chi connectivity index (χ1v) is 9.64. The Morgan fingerprint density at radius 3 is 2.77 bits per heavy atom. The molecule has 1 unspecified atom stereocenters. The lowest BCUT2D eigenvalue weighted by molar-refractivity contribution is 0.156. The molecule has 3 aromatic carbocycles. The Labute approximate surface area is 157 Å². The molecule has 0 saturated carbocycles. The van der Waals surface area contributed by atoms with Crippen molar-refractivity contribution in [1.29, 1.82) is 0 Å². The molecule has 128 valence electrons. The third-order valence-corrected chi connectivity index (χ3v) is 5.86. The number of fused-ring (bicyclic) bond motifs is 5. The van der Waals surface area contributed by atoms with Crippen LogP contribution >= 0.6 is 11.8 Å². The van der Waals surface area contributed by atoms with Crippen LogP contribution in [0.25, 0.3) is 16.8 Å². The molecular weight excluding hydrogens is 340 g/mol. The molecule has 2 aliphatic heterocycles. The molecule has 3 aromatic rings. The van der Waals surface area contributed by atoms with E-state index >= 15 is 0 Å². The fourth-order valence-electron chi connectivity index (χ4n) is 3.66. The van der Waals surface area contributed by atoms with Gasteiger partial charge in [0.15, 0.2) is 10.7 Å². The van der Waals surface area contributed by atoms with E-state index < -0.39 is 5.60 Å². The summed E-state index contributed by atoms with van der Waals surface area (Å²) in [5, 5.41) is 3.32. The van der Waals surface area contributed by atoms with Gasteiger partial charge in [0.05, 0.1) is 6.61 Å². The van der Waals surface area contributed by atoms with Gasteiger partial charge in [-0.25, -0.2) is 0 Å². The van der Waals surface area contributed by atoms with Crippen LogP contribution in [0.1, 0.15) is 18.1 Å². The summed E-state index contributed by atoms with van der Waals surface area (Å²) in [6.07, 6.45) is 6.44. The molecule has 2 heterocycles. The van der Waals surface area contributed by atoms with Crippen molar-refractivity contribution in [1.82, 2.24) is 0 Å². The molecule has 26 heavy (non-hydrogen) atoms. The zero-order valence-electron chi connectivity index (χ0n) is 14.4. The Morgan fingerprint density at radius 1 is 1.00 bits per heavy atom. The van der Waals surface area contributed by atoms with E-state index in [1.54, 1.807) is 11.8 Å². The van der Waals surface area contributed by atoms with Gasteiger partial charge in [-0.05, 0) is 42.0 Å². The topological polar surface area (TPSA) is 18.5 Å². The highest BCUT2D eigenvalue weighted by atomic mass is 32.2. The van der Waals surface area contributed by atoms with E-state index in [0.29, 0.717) is 6.61 Å². The normalized spacial score (nSPS) is 20.3. The van der Waals surface area contributed by atoms with Crippen molar-refractivity contribution in [2.75, 3.05) is 6.61 Å². The first-order chi connectivity index (χ1) is 12.8. The molecule has 2 nitrogen and oxygen atoms in total. The molecule has 1 atom stereocenters. The summed E-state index contributed by atoms with van der Waals surface area (Å²) in [7, 11) is 0. The molecule has 0 aliphatic carbocycles. The van der Waals surface area contributed by atoms with E-state index in [2.05, 4.69) is 78.9 Å². The summed E-state index contributed by atoms with van der Waals surface area (Å²) in [4.78, 5) is 1.17. The van der Waals surface area contributed by atoms with Crippen LogP contribution in [0.5, 0.6) is 5.75 Å². The summed E-state index contributed by atoms with van der Waals surface area (Å²) in [6, 6.07) is 21.0. The van der Waals surface area contributed by atoms with E-state index in [9.17, 15) is 0 Å². The van der Waals surface area contributed by atoms with Crippen molar-refractivity contribution >= 4 is 28.6 Å². The molecule has 1 spiro atoms. The van der Waals surface area contributed by atoms with Crippen LogP contribution in [-0.4, -0.2) is 6.61 Å². The zero-order valence-corrected chi connectivity index (χ0v) is 15.3. The maximum absolute atomic E-state index is 6.62. The second-order valence-corrected chi connectivity index (χ2v) is 7.47. The lowest BCUT2D eigenvalue weighted by Gasteiger charge is -2.37. The Balaban J connectivity index is 1.69. The standard InChI is InChI=1S/C23H18O2S/c1-2-24-22-15-23(19-9-5-6-10-21(19)26-22)14-13-18-17-8-4-3-7-16(17)11-12-20(18)25-23/h3-15H,2H2,1H3. The molecule has 0 amide bonds. The predicted molar refractivity (Wildman–Crippen MR) is 107 cm³/mol. The molecule has 2 aliphatic rings. The molecule has 3 heteroatoms. The Hall–Kier alpha value is -2.65. The van der Waals surface area contributed by atoms with Gasteiger partial charge in [-0.1, -0.05) is 60.3 Å². The van der Waals surface area contributed by atoms with Gasteiger partial charge in [-0.3, -0.25) is 0 Å². The van der Waals surface area contributed by atoms with E-state index in [1.165, 1.54) is 15.7 Å². The van der Waals surface area contributed by atoms with Gasteiger partial charge >= 0.3 is 0 Å². The van der Waals surface area contributed by atoms with Crippen LogP contribution in [-0.2, 0) is 10.3 Å². The molecule has 0 N–H and O–H groups in total. The highest BCUT2D eigenvalue weighted by molar-refractivity contribution is 8.03. The number of benzene rings is 3. The zero-order chi connectivity index (χ0) is 17.6. The summed E-state index contributed by atoms with van der Waals surface area (Å²) in [6.45, 7) is 2.65. The number of thioether (sulfide) groups is 1. The van der Waals surface area contributed by atoms with Crippen LogP contribution in [0.2, 0.25) is 0 Å². The number of hydrogen-bond donors (Lipinski definition) is 0. The van der Waals surface area contributed by atoms with Crippen molar-refractivity contribution in [3.05, 3.63) is 89.0 Å². The predicted octanol–water partition coefficient (Wildman–Crippen LogP) is 6.12. The van der Waals surface area contributed by atoms with Gasteiger partial charge < -0.3 is 9.47 Å². The van der Waals surface area contributed by atoms with E-state index in [1.807, 2.05) is 6.92 Å². The lowest BCUT2D eigenvalue weighted by atomic mass is 9.88. The molecule has 0 bridgehead atoms. The van der Waals surface area contributed by atoms with Crippen molar-refractivity contribution in [3.63, 3.8) is 0 Å². The molecular formula is C23H18O2S. The molecule has 0 aromatic heterocycles. The van der Waals surface area contributed by atoms with E-state index in [4.69, 9.17) is 9.47 Å². The fourth-order valence-corrected chi connectivity index (χ4v) is 4.78. The van der Waals surface area contributed by atoms with E-state index in [0.717, 1.165) is 22.0 Å². The summed E-state index contributed by atoms with van der Waals surface area (Å²) in [5.41, 5.74) is 1.67. The Bertz CT molecular complexity index is 1070. The van der Waals surface area contributed by atoms with Crippen LogP contribution in [0.4, 0.5) is 0 Å². The van der Waals surface area contributed by atoms with Crippen molar-refractivity contribution in [2.24, 2.45) is 0 Å². The minimum atomic E-state index is -0.623. The van der Waals surface area contributed by atoms with Gasteiger partial charge in [0.25, 0.3) is 0 Å². The van der Waals surface area contributed by atoms with Gasteiger partial charge in [0, 0.05) is 22.1 Å². The molecule has 0 fully saturated rings. The van der Waals surface area contributed by atoms with Crippen LogP contribution in [0.15, 0.2) is 82.8 Å². The Kier molecular flexibility index (Phi) is 3.57. The fraction of sp³-hybridized carbons (Fsp3) is 0.130. The third-order valence-electron chi connectivity index (χ3n) is 4.84. The molecule has 0 radical (unpaired) electrons. The van der Waals surface area contributed by atoms with E-state index in [-0.39, 0.29) is 0 Å². The average molecular weight is 358 g/mol. The van der Waals surface area contributed by atoms with Gasteiger partial charge in [-0.15, -0.1) is 0 Å². The Morgan fingerprint density at radius 2 is 1.85 bits per heavy atom. The number of rotatable bonds is 2. The van der Waals surface area contributed by atoms with Gasteiger partial charge in [-0.2, -0.15) is 0 Å². The smallest absolute Gasteiger partial charge is 0.176 e. The van der Waals surface area contributed by atoms with Crippen LogP contribution in [0, 0.1) is 0 Å². The first kappa shape index (κ1) is 15.6. The maximum Gasteiger partial charge on any atom is 0.176 e. The van der Waals surface area contributed by atoms with Gasteiger partial charge in [0.1, 0.15) is 5.75 Å². The second-order valence-electron chi connectivity index (χ2n) is 6.42. The van der Waals surface area contributed by atoms with Crippen molar-refractivity contribution in [3.8, 4) is 5.75 Å². The van der Waals surface area contributed by atoms with Crippen molar-refractivity contribution in [2.45, 2.75) is 17.4 Å². The lowest BCUT2D eigenvalue weighted by Crippen LogP contribution is -2.33. The summed E-state index contributed by atoms with van der Waals surface area (Å²) >= 11 is 1.66. The summed E-state index contributed by atoms with van der Waals surface area (Å²) in [5.74, 6) is 0.903. The largest absolute Gasteiger partial charge is 0.487 e. The molecule has 5 rings (SSSR count). The first-order valence-electron chi connectivity index (χ1n) is 8.82. The summed E-state index contributed by atoms with van der Waals surface area (Å²) < 4.78 is 12.5. The number of ether oxygens (including phenoxy) is 2. The van der Waals surface area contributed by atoms with Gasteiger partial charge in [0.2, 0.25) is 0 Å². The van der Waals surface area contributed by atoms with Crippen LogP contribution in [0.3, 0.4) is 0 Å². The highest BCUT2D eigenvalue weighted by Gasteiger charge is 2.39. The van der Waals surface area contributed by atoms with Crippen LogP contribution < -0.4 is 4.74 Å². The quantitative estimate of drug-likeness (QED) is 0.549. The minimum absolute atomic E-state index is 0.623. The maximum atomic E-state index is 6.62. The minimum Gasteiger partial charge on any atom is -0.487 e. The molecule has 0 saturated heterocycles. The average Bonchev–Trinajstić information content (AvgIpc) is 2.68. The monoisotopic (exact) mass is 358 g/mol. The second kappa shape index (κ2) is 5.96.